The van der Waals surface area contributed by atoms with Crippen molar-refractivity contribution in [3.05, 3.63) is 41.6 Å². The molecular weight excluding hydrogens is 266 g/mol. The van der Waals surface area contributed by atoms with Crippen LogP contribution in [-0.4, -0.2) is 18.9 Å². The van der Waals surface area contributed by atoms with E-state index in [0.717, 1.165) is 17.8 Å². The minimum absolute atomic E-state index is 0.0626. The molecule has 0 aromatic heterocycles. The molecule has 0 saturated carbocycles. The van der Waals surface area contributed by atoms with Crippen molar-refractivity contribution in [2.45, 2.75) is 26.7 Å². The number of carbonyl (C=O) groups excluding carboxylic acids is 2. The van der Waals surface area contributed by atoms with Gasteiger partial charge in [0.1, 0.15) is 5.92 Å². The zero-order valence-electron chi connectivity index (χ0n) is 12.7. The third-order valence-corrected chi connectivity index (χ3v) is 3.86. The summed E-state index contributed by atoms with van der Waals surface area (Å²) in [6.07, 6.45) is 3.18. The molecule has 0 amide bonds. The summed E-state index contributed by atoms with van der Waals surface area (Å²) in [6, 6.07) is 8.13. The predicted molar refractivity (Wildman–Crippen MR) is 81.8 cm³/mol. The Kier molecular flexibility index (Phi) is 4.78. The lowest BCUT2D eigenvalue weighted by molar-refractivity contribution is -0.150. The Morgan fingerprint density at radius 1 is 1.33 bits per heavy atom. The van der Waals surface area contributed by atoms with Crippen molar-refractivity contribution in [3.63, 3.8) is 0 Å². The molecule has 2 rings (SSSR count). The van der Waals surface area contributed by atoms with Gasteiger partial charge in [0.05, 0.1) is 7.11 Å². The quantitative estimate of drug-likeness (QED) is 0.683. The molecule has 0 radical (unpaired) electrons. The van der Waals surface area contributed by atoms with Gasteiger partial charge < -0.3 is 10.1 Å². The van der Waals surface area contributed by atoms with Crippen molar-refractivity contribution in [2.24, 2.45) is 11.8 Å². The summed E-state index contributed by atoms with van der Waals surface area (Å²) < 4.78 is 4.70. The maximum absolute atomic E-state index is 12.1. The third-order valence-electron chi connectivity index (χ3n) is 3.86. The van der Waals surface area contributed by atoms with Gasteiger partial charge in [0.2, 0.25) is 0 Å². The van der Waals surface area contributed by atoms with Crippen LogP contribution in [0, 0.1) is 11.8 Å². The first-order valence-electron chi connectivity index (χ1n) is 7.23. The summed E-state index contributed by atoms with van der Waals surface area (Å²) in [6.45, 7) is 4.01. The minimum atomic E-state index is -0.678. The molecule has 112 valence electrons. The normalized spacial score (nSPS) is 21.7. The van der Waals surface area contributed by atoms with Crippen molar-refractivity contribution in [1.29, 1.82) is 0 Å². The lowest BCUT2D eigenvalue weighted by atomic mass is 9.82. The molecule has 0 bridgehead atoms. The van der Waals surface area contributed by atoms with Gasteiger partial charge in [-0.15, -0.1) is 0 Å². The Morgan fingerprint density at radius 2 is 2.00 bits per heavy atom. The summed E-state index contributed by atoms with van der Waals surface area (Å²) in [5, 5.41) is 3.26. The van der Waals surface area contributed by atoms with Gasteiger partial charge in [-0.05, 0) is 36.5 Å². The average Bonchev–Trinajstić information content (AvgIpc) is 2.47. The van der Waals surface area contributed by atoms with E-state index in [9.17, 15) is 9.59 Å². The highest BCUT2D eigenvalue weighted by atomic mass is 16.5. The Morgan fingerprint density at radius 3 is 2.52 bits per heavy atom. The molecule has 0 spiro atoms. The molecule has 0 aliphatic heterocycles. The van der Waals surface area contributed by atoms with Crippen LogP contribution in [0.4, 0.5) is 5.69 Å². The molecule has 1 N–H and O–H groups in total. The maximum atomic E-state index is 12.1. The Bertz CT molecular complexity index is 560. The van der Waals surface area contributed by atoms with Crippen LogP contribution in [0.25, 0.3) is 0 Å². The highest BCUT2D eigenvalue weighted by molar-refractivity contribution is 6.06. The number of methoxy groups -OCH3 is 1. The van der Waals surface area contributed by atoms with Gasteiger partial charge >= 0.3 is 5.97 Å². The number of anilines is 1. The van der Waals surface area contributed by atoms with Gasteiger partial charge in [-0.25, -0.2) is 0 Å². The number of carbonyl (C=O) groups is 2. The number of hydrogen-bond donors (Lipinski definition) is 1. The van der Waals surface area contributed by atoms with Crippen LogP contribution in [-0.2, 0) is 20.7 Å². The first kappa shape index (κ1) is 15.3. The fourth-order valence-electron chi connectivity index (χ4n) is 2.64. The van der Waals surface area contributed by atoms with Gasteiger partial charge in [-0.1, -0.05) is 26.0 Å². The first-order chi connectivity index (χ1) is 10.0. The monoisotopic (exact) mass is 287 g/mol. The second-order valence-electron chi connectivity index (χ2n) is 5.43. The smallest absolute Gasteiger partial charge is 0.316 e. The lowest BCUT2D eigenvalue weighted by Gasteiger charge is -2.26. The van der Waals surface area contributed by atoms with Gasteiger partial charge in [0.25, 0.3) is 0 Å². The van der Waals surface area contributed by atoms with E-state index in [1.165, 1.54) is 18.7 Å². The van der Waals surface area contributed by atoms with Crippen LogP contribution in [0.1, 0.15) is 25.8 Å². The van der Waals surface area contributed by atoms with Gasteiger partial charge in [0, 0.05) is 17.5 Å². The number of allylic oxidation sites excluding steroid dienone is 2. The van der Waals surface area contributed by atoms with Crippen LogP contribution in [0.15, 0.2) is 36.0 Å². The highest BCUT2D eigenvalue weighted by Crippen LogP contribution is 2.29. The number of nitrogens with one attached hydrogen (secondary N) is 1. The summed E-state index contributed by atoms with van der Waals surface area (Å²) in [4.78, 5) is 23.7. The number of aryl methyl sites for hydroxylation is 1. The Labute approximate surface area is 125 Å². The van der Waals surface area contributed by atoms with Crippen LogP contribution in [0.3, 0.4) is 0 Å². The van der Waals surface area contributed by atoms with Crippen LogP contribution in [0.5, 0.6) is 0 Å². The molecule has 0 fully saturated rings. The van der Waals surface area contributed by atoms with Crippen molar-refractivity contribution < 1.29 is 14.3 Å². The fraction of sp³-hybridized carbons (Fsp3) is 0.412. The molecule has 21 heavy (non-hydrogen) atoms. The van der Waals surface area contributed by atoms with E-state index in [2.05, 4.69) is 24.4 Å². The molecule has 1 aliphatic rings. The number of ether oxygens (including phenoxy) is 1. The van der Waals surface area contributed by atoms with Gasteiger partial charge in [-0.2, -0.15) is 0 Å². The largest absolute Gasteiger partial charge is 0.468 e. The molecule has 1 aromatic rings. The zero-order valence-corrected chi connectivity index (χ0v) is 12.7. The number of hydrogen-bond acceptors (Lipinski definition) is 4. The number of rotatable bonds is 4. The van der Waals surface area contributed by atoms with Crippen LogP contribution >= 0.6 is 0 Å². The first-order valence-corrected chi connectivity index (χ1v) is 7.23. The maximum Gasteiger partial charge on any atom is 0.316 e. The summed E-state index contributed by atoms with van der Waals surface area (Å²) in [7, 11) is 1.31. The molecule has 4 heteroatoms. The lowest BCUT2D eigenvalue weighted by Crippen LogP contribution is -2.34. The summed E-state index contributed by atoms with van der Waals surface area (Å²) >= 11 is 0. The zero-order chi connectivity index (χ0) is 15.4. The molecular formula is C17H21NO3. The SMILES string of the molecule is CCc1ccc(NC2=CC(=O)C(C(=O)OC)C(C)C2)cc1. The van der Waals surface area contributed by atoms with E-state index in [1.54, 1.807) is 0 Å². The van der Waals surface area contributed by atoms with Crippen molar-refractivity contribution in [1.82, 2.24) is 0 Å². The fourth-order valence-corrected chi connectivity index (χ4v) is 2.64. The number of esters is 1. The van der Waals surface area contributed by atoms with Crippen LogP contribution < -0.4 is 5.32 Å². The molecule has 4 nitrogen and oxygen atoms in total. The average molecular weight is 287 g/mol. The molecule has 0 heterocycles. The van der Waals surface area contributed by atoms with Crippen molar-refractivity contribution in [2.75, 3.05) is 12.4 Å². The van der Waals surface area contributed by atoms with Gasteiger partial charge in [-0.3, -0.25) is 9.59 Å². The molecule has 0 saturated heterocycles. The molecule has 2 unspecified atom stereocenters. The Hall–Kier alpha value is -2.10. The van der Waals surface area contributed by atoms with Crippen molar-refractivity contribution >= 4 is 17.4 Å². The topological polar surface area (TPSA) is 55.4 Å². The second-order valence-corrected chi connectivity index (χ2v) is 5.43. The molecule has 1 aromatic carbocycles. The van der Waals surface area contributed by atoms with E-state index in [1.807, 2.05) is 19.1 Å². The standard InChI is InChI=1S/C17H21NO3/c1-4-12-5-7-13(8-6-12)18-14-9-11(2)16(15(19)10-14)17(20)21-3/h5-8,10-11,16,18H,4,9H2,1-3H3. The summed E-state index contributed by atoms with van der Waals surface area (Å²) in [5.41, 5.74) is 3.07. The number of ketones is 1. The minimum Gasteiger partial charge on any atom is -0.468 e. The molecule has 2 atom stereocenters. The van der Waals surface area contributed by atoms with Gasteiger partial charge in [0.15, 0.2) is 5.78 Å². The van der Waals surface area contributed by atoms with E-state index in [0.29, 0.717) is 6.42 Å². The van der Waals surface area contributed by atoms with E-state index in [4.69, 9.17) is 4.74 Å². The predicted octanol–water partition coefficient (Wildman–Crippen LogP) is 2.94. The van der Waals surface area contributed by atoms with Crippen molar-refractivity contribution in [3.8, 4) is 0 Å². The number of benzene rings is 1. The van der Waals surface area contributed by atoms with E-state index < -0.39 is 11.9 Å². The summed E-state index contributed by atoms with van der Waals surface area (Å²) in [5.74, 6) is -1.38. The Balaban J connectivity index is 2.11. The third kappa shape index (κ3) is 3.51. The van der Waals surface area contributed by atoms with Crippen LogP contribution in [0.2, 0.25) is 0 Å². The highest BCUT2D eigenvalue weighted by Gasteiger charge is 2.35. The van der Waals surface area contributed by atoms with E-state index in [-0.39, 0.29) is 11.7 Å². The van der Waals surface area contributed by atoms with E-state index >= 15 is 0 Å². The molecule has 1 aliphatic carbocycles. The second kappa shape index (κ2) is 6.57.